The third-order valence-corrected chi connectivity index (χ3v) is 7.91. The van der Waals surface area contributed by atoms with E-state index in [1.165, 1.54) is 24.8 Å². The van der Waals surface area contributed by atoms with Crippen molar-refractivity contribution in [2.24, 2.45) is 5.92 Å². The van der Waals surface area contributed by atoms with Crippen molar-refractivity contribution in [1.82, 2.24) is 10.2 Å². The Balaban J connectivity index is 1.62. The van der Waals surface area contributed by atoms with E-state index < -0.39 is 11.9 Å². The van der Waals surface area contributed by atoms with E-state index >= 15 is 0 Å². The Bertz CT molecular complexity index is 1160. The van der Waals surface area contributed by atoms with E-state index in [0.717, 1.165) is 28.4 Å². The first-order valence-corrected chi connectivity index (χ1v) is 13.0. The molecule has 3 rings (SSSR count). The number of benzene rings is 2. The van der Waals surface area contributed by atoms with Crippen LogP contribution in [0.2, 0.25) is 10.0 Å². The van der Waals surface area contributed by atoms with Crippen molar-refractivity contribution >= 4 is 58.8 Å². The van der Waals surface area contributed by atoms with Gasteiger partial charge in [0.15, 0.2) is 0 Å². The first-order valence-electron chi connectivity index (χ1n) is 11.5. The Morgan fingerprint density at radius 2 is 1.94 bits per heavy atom. The zero-order chi connectivity index (χ0) is 26.2. The average molecular weight is 551 g/mol. The number of rotatable bonds is 9. The molecule has 2 unspecified atom stereocenters. The molecule has 2 aromatic carbocycles. The summed E-state index contributed by atoms with van der Waals surface area (Å²) in [5.74, 6) is -1.57. The summed E-state index contributed by atoms with van der Waals surface area (Å²) < 4.78 is 5.39. The monoisotopic (exact) mass is 550 g/mol. The number of piperidine rings is 1. The van der Waals surface area contributed by atoms with Crippen molar-refractivity contribution in [2.45, 2.75) is 42.0 Å². The molecule has 1 aliphatic rings. The predicted molar refractivity (Wildman–Crippen MR) is 142 cm³/mol. The quantitative estimate of drug-likeness (QED) is 0.406. The van der Waals surface area contributed by atoms with Crippen LogP contribution in [0.1, 0.15) is 31.7 Å². The molecule has 2 aromatic rings. The highest BCUT2D eigenvalue weighted by Gasteiger charge is 2.25. The number of aliphatic carboxylic acids is 1. The van der Waals surface area contributed by atoms with Gasteiger partial charge in [-0.15, -0.1) is 0 Å². The third kappa shape index (κ3) is 7.41. The number of amides is 2. The van der Waals surface area contributed by atoms with E-state index in [2.05, 4.69) is 5.32 Å². The van der Waals surface area contributed by atoms with Crippen molar-refractivity contribution in [2.75, 3.05) is 20.2 Å². The van der Waals surface area contributed by atoms with Gasteiger partial charge in [-0.1, -0.05) is 60.1 Å². The van der Waals surface area contributed by atoms with Gasteiger partial charge in [-0.3, -0.25) is 14.4 Å². The number of halogens is 2. The number of carbonyl (C=O) groups excluding carboxylic acids is 2. The molecule has 0 saturated carbocycles. The molecule has 2 N–H and O–H groups in total. The van der Waals surface area contributed by atoms with Gasteiger partial charge in [-0.05, 0) is 42.7 Å². The molecule has 0 aromatic heterocycles. The molecule has 7 nitrogen and oxygen atoms in total. The molecule has 192 valence electrons. The second kappa shape index (κ2) is 13.0. The summed E-state index contributed by atoms with van der Waals surface area (Å²) in [6, 6.07) is 11.0. The zero-order valence-electron chi connectivity index (χ0n) is 20.0. The lowest BCUT2D eigenvalue weighted by atomic mass is 10.0. The Kier molecular flexibility index (Phi) is 10.1. The molecule has 36 heavy (non-hydrogen) atoms. The predicted octanol–water partition coefficient (Wildman–Crippen LogP) is 5.38. The minimum atomic E-state index is -1.01. The number of carboxylic acid groups (broad SMARTS) is 1. The van der Waals surface area contributed by atoms with E-state index in [0.29, 0.717) is 28.7 Å². The van der Waals surface area contributed by atoms with Gasteiger partial charge in [0.25, 0.3) is 0 Å². The number of hydrogen-bond donors (Lipinski definition) is 2. The lowest BCUT2D eigenvalue weighted by Gasteiger charge is -2.32. The van der Waals surface area contributed by atoms with Crippen LogP contribution in [0.3, 0.4) is 0 Å². The normalized spacial score (nSPS) is 16.6. The van der Waals surface area contributed by atoms with Gasteiger partial charge in [0.1, 0.15) is 5.75 Å². The molecule has 0 bridgehead atoms. The fraction of sp³-hybridized carbons (Fsp3) is 0.346. The largest absolute Gasteiger partial charge is 0.496 e. The smallest absolute Gasteiger partial charge is 0.306 e. The lowest BCUT2D eigenvalue weighted by molar-refractivity contribution is -0.143. The maximum absolute atomic E-state index is 12.8. The van der Waals surface area contributed by atoms with Crippen molar-refractivity contribution in [3.8, 4) is 5.75 Å². The van der Waals surface area contributed by atoms with Gasteiger partial charge in [0, 0.05) is 36.5 Å². The molecule has 2 amide bonds. The SMILES string of the molecule is COc1ccccc1Sc1ccc(C=CC(=O)N2CCCC(NC(=O)CC(C)C(=O)O)C2)c(Cl)c1Cl. The summed E-state index contributed by atoms with van der Waals surface area (Å²) in [6.07, 6.45) is 4.45. The first-order chi connectivity index (χ1) is 17.2. The van der Waals surface area contributed by atoms with Crippen LogP contribution in [0.4, 0.5) is 0 Å². The topological polar surface area (TPSA) is 95.9 Å². The van der Waals surface area contributed by atoms with Gasteiger partial charge in [-0.2, -0.15) is 0 Å². The summed E-state index contributed by atoms with van der Waals surface area (Å²) in [7, 11) is 1.61. The maximum atomic E-state index is 12.8. The number of likely N-dealkylation sites (tertiary alicyclic amines) is 1. The van der Waals surface area contributed by atoms with Crippen molar-refractivity contribution < 1.29 is 24.2 Å². The Morgan fingerprint density at radius 1 is 1.19 bits per heavy atom. The summed E-state index contributed by atoms with van der Waals surface area (Å²) in [5.41, 5.74) is 0.615. The molecule has 0 aliphatic carbocycles. The van der Waals surface area contributed by atoms with E-state index in [4.69, 9.17) is 33.0 Å². The number of ether oxygens (including phenoxy) is 1. The molecule has 0 radical (unpaired) electrons. The van der Waals surface area contributed by atoms with Crippen LogP contribution in [0, 0.1) is 5.92 Å². The summed E-state index contributed by atoms with van der Waals surface area (Å²) in [6.45, 7) is 2.42. The molecular weight excluding hydrogens is 523 g/mol. The summed E-state index contributed by atoms with van der Waals surface area (Å²) in [4.78, 5) is 39.2. The van der Waals surface area contributed by atoms with E-state index in [9.17, 15) is 14.4 Å². The van der Waals surface area contributed by atoms with Crippen LogP contribution < -0.4 is 10.1 Å². The van der Waals surface area contributed by atoms with Crippen LogP contribution in [0.25, 0.3) is 6.08 Å². The maximum Gasteiger partial charge on any atom is 0.306 e. The number of carboxylic acids is 1. The van der Waals surface area contributed by atoms with E-state index in [1.54, 1.807) is 24.2 Å². The minimum Gasteiger partial charge on any atom is -0.496 e. The van der Waals surface area contributed by atoms with Crippen molar-refractivity contribution in [1.29, 1.82) is 0 Å². The number of hydrogen-bond acceptors (Lipinski definition) is 5. The first kappa shape index (κ1) is 27.9. The summed E-state index contributed by atoms with van der Waals surface area (Å²) in [5, 5.41) is 12.6. The summed E-state index contributed by atoms with van der Waals surface area (Å²) >= 11 is 14.5. The van der Waals surface area contributed by atoms with Gasteiger partial charge in [0.2, 0.25) is 11.8 Å². The average Bonchev–Trinajstić information content (AvgIpc) is 2.86. The fourth-order valence-electron chi connectivity index (χ4n) is 3.79. The van der Waals surface area contributed by atoms with Crippen molar-refractivity contribution in [3.05, 3.63) is 58.1 Å². The van der Waals surface area contributed by atoms with Gasteiger partial charge >= 0.3 is 5.97 Å². The van der Waals surface area contributed by atoms with E-state index in [-0.39, 0.29) is 24.3 Å². The Hall–Kier alpha value is -2.68. The molecule has 0 spiro atoms. The van der Waals surface area contributed by atoms with Crippen LogP contribution in [0.5, 0.6) is 5.75 Å². The van der Waals surface area contributed by atoms with Crippen molar-refractivity contribution in [3.63, 3.8) is 0 Å². The third-order valence-electron chi connectivity index (χ3n) is 5.78. The molecular formula is C26H28Cl2N2O5S. The van der Waals surface area contributed by atoms with Crippen LogP contribution >= 0.6 is 35.0 Å². The Labute approximate surface area is 224 Å². The second-order valence-corrected chi connectivity index (χ2v) is 10.3. The number of para-hydroxylation sites is 1. The minimum absolute atomic E-state index is 0.0930. The molecule has 1 saturated heterocycles. The van der Waals surface area contributed by atoms with Crippen LogP contribution in [0.15, 0.2) is 52.3 Å². The highest BCUT2D eigenvalue weighted by atomic mass is 35.5. The lowest BCUT2D eigenvalue weighted by Crippen LogP contribution is -2.49. The van der Waals surface area contributed by atoms with Crippen LogP contribution in [-0.4, -0.2) is 54.0 Å². The second-order valence-electron chi connectivity index (χ2n) is 8.50. The van der Waals surface area contributed by atoms with Crippen LogP contribution in [-0.2, 0) is 14.4 Å². The molecule has 1 fully saturated rings. The standard InChI is InChI=1S/C26H28Cl2N2O5S/c1-16(26(33)34)14-22(31)29-18-6-5-13-30(15-18)23(32)12-10-17-9-11-21(25(28)24(17)27)36-20-8-4-3-7-19(20)35-2/h3-4,7-12,16,18H,5-6,13-15H2,1-2H3,(H,29,31)(H,33,34). The number of methoxy groups -OCH3 is 1. The fourth-order valence-corrected chi connectivity index (χ4v) is 5.32. The number of nitrogens with zero attached hydrogens (tertiary/aromatic N) is 1. The van der Waals surface area contributed by atoms with Gasteiger partial charge in [0.05, 0.1) is 28.0 Å². The number of carbonyl (C=O) groups is 3. The highest BCUT2D eigenvalue weighted by Crippen LogP contribution is 2.42. The highest BCUT2D eigenvalue weighted by molar-refractivity contribution is 7.99. The van der Waals surface area contributed by atoms with Gasteiger partial charge in [-0.25, -0.2) is 0 Å². The zero-order valence-corrected chi connectivity index (χ0v) is 22.3. The molecule has 2 atom stereocenters. The Morgan fingerprint density at radius 3 is 2.67 bits per heavy atom. The van der Waals surface area contributed by atoms with E-state index in [1.807, 2.05) is 30.3 Å². The number of nitrogens with one attached hydrogen (secondary N) is 1. The molecule has 1 heterocycles. The molecule has 1 aliphatic heterocycles. The van der Waals surface area contributed by atoms with Gasteiger partial charge < -0.3 is 20.1 Å². The molecule has 10 heteroatoms.